The first-order chi connectivity index (χ1) is 11.9. The van der Waals surface area contributed by atoms with Gasteiger partial charge in [-0.05, 0) is 17.7 Å². The van der Waals surface area contributed by atoms with Crippen LogP contribution in [0.3, 0.4) is 0 Å². The summed E-state index contributed by atoms with van der Waals surface area (Å²) in [5, 5.41) is 0.867. The molecule has 0 bridgehead atoms. The molecule has 0 N–H and O–H groups in total. The SMILES string of the molecule is CN1CC(=O)N(CC(=O)N2CCO[C@H](c3ccc(Cl)c(Cl)c3)C2)C1=O. The second-order valence-electron chi connectivity index (χ2n) is 5.99. The van der Waals surface area contributed by atoms with Gasteiger partial charge in [0.15, 0.2) is 0 Å². The normalized spacial score (nSPS) is 21.2. The lowest BCUT2D eigenvalue weighted by molar-refractivity contribution is -0.142. The third-order valence-corrected chi connectivity index (χ3v) is 5.00. The fourth-order valence-corrected chi connectivity index (χ4v) is 3.16. The second-order valence-corrected chi connectivity index (χ2v) is 6.81. The van der Waals surface area contributed by atoms with Crippen molar-refractivity contribution in [2.45, 2.75) is 6.10 Å². The third-order valence-electron chi connectivity index (χ3n) is 4.26. The summed E-state index contributed by atoms with van der Waals surface area (Å²) in [5.74, 6) is -0.652. The lowest BCUT2D eigenvalue weighted by Gasteiger charge is -2.34. The van der Waals surface area contributed by atoms with Crippen LogP contribution in [-0.4, -0.2) is 72.4 Å². The maximum absolute atomic E-state index is 12.5. The minimum Gasteiger partial charge on any atom is -0.370 e. The van der Waals surface area contributed by atoms with Gasteiger partial charge in [0.1, 0.15) is 19.2 Å². The number of amides is 4. The van der Waals surface area contributed by atoms with E-state index < -0.39 is 6.03 Å². The molecule has 0 saturated carbocycles. The number of carbonyl (C=O) groups excluding carboxylic acids is 3. The summed E-state index contributed by atoms with van der Waals surface area (Å²) in [4.78, 5) is 40.1. The number of likely N-dealkylation sites (N-methyl/N-ethyl adjacent to an activating group) is 1. The molecule has 0 spiro atoms. The Balaban J connectivity index is 1.66. The minimum atomic E-state index is -0.451. The van der Waals surface area contributed by atoms with Gasteiger partial charge < -0.3 is 14.5 Å². The number of rotatable bonds is 3. The van der Waals surface area contributed by atoms with Crippen LogP contribution in [0, 0.1) is 0 Å². The Kier molecular flexibility index (Phi) is 5.17. The van der Waals surface area contributed by atoms with Gasteiger partial charge in [0.25, 0.3) is 5.91 Å². The molecule has 4 amide bonds. The number of urea groups is 1. The number of ether oxygens (including phenoxy) is 1. The van der Waals surface area contributed by atoms with Gasteiger partial charge in [-0.3, -0.25) is 14.5 Å². The Hall–Kier alpha value is -1.83. The third kappa shape index (κ3) is 3.73. The van der Waals surface area contributed by atoms with Gasteiger partial charge in [0.05, 0.1) is 23.2 Å². The van der Waals surface area contributed by atoms with E-state index >= 15 is 0 Å². The van der Waals surface area contributed by atoms with E-state index in [-0.39, 0.29) is 31.0 Å². The monoisotopic (exact) mass is 385 g/mol. The number of carbonyl (C=O) groups is 3. The first-order valence-electron chi connectivity index (χ1n) is 7.76. The molecule has 134 valence electrons. The first kappa shape index (κ1) is 18.0. The van der Waals surface area contributed by atoms with Gasteiger partial charge in [-0.15, -0.1) is 0 Å². The number of benzene rings is 1. The van der Waals surface area contributed by atoms with E-state index in [0.717, 1.165) is 10.5 Å². The molecule has 9 heteroatoms. The highest BCUT2D eigenvalue weighted by molar-refractivity contribution is 6.42. The van der Waals surface area contributed by atoms with E-state index in [9.17, 15) is 14.4 Å². The number of imide groups is 1. The fourth-order valence-electron chi connectivity index (χ4n) is 2.85. The molecule has 2 saturated heterocycles. The molecular formula is C16H17Cl2N3O4. The molecule has 1 aromatic rings. The molecule has 1 aromatic carbocycles. The summed E-state index contributed by atoms with van der Waals surface area (Å²) >= 11 is 12.0. The molecule has 0 unspecified atom stereocenters. The Bertz CT molecular complexity index is 727. The van der Waals surface area contributed by atoms with Crippen LogP contribution in [0.15, 0.2) is 18.2 Å². The van der Waals surface area contributed by atoms with E-state index in [0.29, 0.717) is 29.7 Å². The number of hydrogen-bond donors (Lipinski definition) is 0. The van der Waals surface area contributed by atoms with Crippen molar-refractivity contribution in [1.29, 1.82) is 0 Å². The van der Waals surface area contributed by atoms with E-state index in [2.05, 4.69) is 0 Å². The van der Waals surface area contributed by atoms with E-state index in [1.165, 1.54) is 11.9 Å². The van der Waals surface area contributed by atoms with E-state index in [1.807, 2.05) is 0 Å². The van der Waals surface area contributed by atoms with Crippen LogP contribution in [0.1, 0.15) is 11.7 Å². The standard InChI is InChI=1S/C16H17Cl2N3O4/c1-19-8-15(23)21(16(19)24)9-14(22)20-4-5-25-13(7-20)10-2-3-11(17)12(18)6-10/h2-3,6,13H,4-5,7-9H2,1H3/t13-/m0/s1. The molecule has 2 aliphatic heterocycles. The fraction of sp³-hybridized carbons (Fsp3) is 0.438. The van der Waals surface area contributed by atoms with Crippen LogP contribution in [0.4, 0.5) is 4.79 Å². The molecule has 2 heterocycles. The quantitative estimate of drug-likeness (QED) is 0.743. The van der Waals surface area contributed by atoms with Gasteiger partial charge in [-0.25, -0.2) is 4.79 Å². The first-order valence-corrected chi connectivity index (χ1v) is 8.52. The second kappa shape index (κ2) is 7.19. The topological polar surface area (TPSA) is 70.2 Å². The molecule has 0 radical (unpaired) electrons. The molecule has 2 fully saturated rings. The number of hydrogen-bond acceptors (Lipinski definition) is 4. The molecule has 0 aliphatic carbocycles. The van der Waals surface area contributed by atoms with Crippen LogP contribution < -0.4 is 0 Å². The van der Waals surface area contributed by atoms with Crippen molar-refractivity contribution in [2.75, 3.05) is 39.8 Å². The minimum absolute atomic E-state index is 0.00111. The predicted octanol–water partition coefficient (Wildman–Crippen LogP) is 1.79. The van der Waals surface area contributed by atoms with Gasteiger partial charge in [-0.2, -0.15) is 0 Å². The van der Waals surface area contributed by atoms with Crippen LogP contribution in [0.2, 0.25) is 10.0 Å². The van der Waals surface area contributed by atoms with Crippen molar-refractivity contribution in [3.05, 3.63) is 33.8 Å². The molecule has 25 heavy (non-hydrogen) atoms. The van der Waals surface area contributed by atoms with E-state index in [4.69, 9.17) is 27.9 Å². The zero-order valence-corrected chi connectivity index (χ0v) is 15.1. The average molecular weight is 386 g/mol. The molecule has 0 aromatic heterocycles. The number of morpholine rings is 1. The van der Waals surface area contributed by atoms with Crippen molar-refractivity contribution >= 4 is 41.0 Å². The lowest BCUT2D eigenvalue weighted by atomic mass is 10.1. The van der Waals surface area contributed by atoms with Gasteiger partial charge >= 0.3 is 6.03 Å². The highest BCUT2D eigenvalue weighted by atomic mass is 35.5. The van der Waals surface area contributed by atoms with Gasteiger partial charge in [0, 0.05) is 13.6 Å². The zero-order valence-electron chi connectivity index (χ0n) is 13.6. The van der Waals surface area contributed by atoms with Crippen LogP contribution in [-0.2, 0) is 14.3 Å². The Morgan fingerprint density at radius 2 is 2.04 bits per heavy atom. The number of nitrogens with zero attached hydrogens (tertiary/aromatic N) is 3. The number of halogens is 2. The summed E-state index contributed by atoms with van der Waals surface area (Å²) in [6, 6.07) is 4.74. The summed E-state index contributed by atoms with van der Waals surface area (Å²) in [6.45, 7) is 0.835. The van der Waals surface area contributed by atoms with Crippen molar-refractivity contribution in [3.63, 3.8) is 0 Å². The maximum Gasteiger partial charge on any atom is 0.327 e. The summed E-state index contributed by atoms with van der Waals surface area (Å²) in [5.41, 5.74) is 0.819. The lowest BCUT2D eigenvalue weighted by Crippen LogP contribution is -2.48. The Labute approximate surface area is 155 Å². The van der Waals surface area contributed by atoms with Gasteiger partial charge in [0.2, 0.25) is 5.91 Å². The smallest absolute Gasteiger partial charge is 0.327 e. The predicted molar refractivity (Wildman–Crippen MR) is 91.5 cm³/mol. The summed E-state index contributed by atoms with van der Waals surface area (Å²) in [7, 11) is 1.53. The highest BCUT2D eigenvalue weighted by Crippen LogP contribution is 2.29. The average Bonchev–Trinajstić information content (AvgIpc) is 2.83. The largest absolute Gasteiger partial charge is 0.370 e. The summed E-state index contributed by atoms with van der Waals surface area (Å²) < 4.78 is 5.72. The van der Waals surface area contributed by atoms with Crippen LogP contribution in [0.5, 0.6) is 0 Å². The molecule has 2 aliphatic rings. The molecular weight excluding hydrogens is 369 g/mol. The van der Waals surface area contributed by atoms with Crippen molar-refractivity contribution in [3.8, 4) is 0 Å². The molecule has 1 atom stereocenters. The maximum atomic E-state index is 12.5. The zero-order chi connectivity index (χ0) is 18.1. The molecule has 7 nitrogen and oxygen atoms in total. The Morgan fingerprint density at radius 1 is 1.28 bits per heavy atom. The van der Waals surface area contributed by atoms with Crippen LogP contribution in [0.25, 0.3) is 0 Å². The highest BCUT2D eigenvalue weighted by Gasteiger charge is 2.36. The van der Waals surface area contributed by atoms with Gasteiger partial charge in [-0.1, -0.05) is 29.3 Å². The Morgan fingerprint density at radius 3 is 2.68 bits per heavy atom. The van der Waals surface area contributed by atoms with Crippen molar-refractivity contribution in [1.82, 2.24) is 14.7 Å². The van der Waals surface area contributed by atoms with Crippen LogP contribution >= 0.6 is 23.2 Å². The van der Waals surface area contributed by atoms with Crippen molar-refractivity contribution < 1.29 is 19.1 Å². The van der Waals surface area contributed by atoms with Crippen molar-refractivity contribution in [2.24, 2.45) is 0 Å². The molecule has 3 rings (SSSR count). The summed E-state index contributed by atoms with van der Waals surface area (Å²) in [6.07, 6.45) is -0.333. The van der Waals surface area contributed by atoms with E-state index in [1.54, 1.807) is 23.1 Å².